The number of amides is 1. The number of hydrogen-bond acceptors (Lipinski definition) is 7. The van der Waals surface area contributed by atoms with Crippen LogP contribution in [-0.2, 0) is 9.53 Å². The predicted molar refractivity (Wildman–Crippen MR) is 129 cm³/mol. The molecule has 1 aliphatic carbocycles. The van der Waals surface area contributed by atoms with Crippen LogP contribution in [0.5, 0.6) is 0 Å². The standard InChI is InChI=1S/C26H26F4N4O4/c1-26(2,3)38-24(36)14-6-4-13(5-7-14)15-8-9-20(18(29)10-15)31-22(35)23-33-34-25(37-23)32-21-12-17(28)16(27)11-19(21)30/h8-14H,4-7H2,1-3H3,(H,31,35)(H,32,34)/t13-,14+. The average Bonchev–Trinajstić information content (AvgIpc) is 3.31. The number of ether oxygens (including phenoxy) is 1. The maximum Gasteiger partial charge on any atom is 0.320 e. The molecule has 12 heteroatoms. The molecule has 0 saturated heterocycles. The van der Waals surface area contributed by atoms with E-state index in [1.165, 1.54) is 12.1 Å². The van der Waals surface area contributed by atoms with Crippen molar-refractivity contribution in [2.75, 3.05) is 10.6 Å². The molecule has 0 unspecified atom stereocenters. The van der Waals surface area contributed by atoms with Crippen LogP contribution >= 0.6 is 0 Å². The highest BCUT2D eigenvalue weighted by atomic mass is 19.2. The van der Waals surface area contributed by atoms with E-state index in [-0.39, 0.29) is 23.5 Å². The van der Waals surface area contributed by atoms with Gasteiger partial charge in [-0.1, -0.05) is 11.2 Å². The maximum atomic E-state index is 14.8. The molecule has 1 heterocycles. The van der Waals surface area contributed by atoms with E-state index >= 15 is 0 Å². The van der Waals surface area contributed by atoms with E-state index in [4.69, 9.17) is 9.15 Å². The zero-order valence-corrected chi connectivity index (χ0v) is 20.9. The molecular weight excluding hydrogens is 508 g/mol. The minimum Gasteiger partial charge on any atom is -0.460 e. The van der Waals surface area contributed by atoms with Crippen LogP contribution in [-0.4, -0.2) is 27.7 Å². The first-order valence-corrected chi connectivity index (χ1v) is 12.0. The van der Waals surface area contributed by atoms with Gasteiger partial charge in [0.1, 0.15) is 17.2 Å². The lowest BCUT2D eigenvalue weighted by atomic mass is 9.78. The lowest BCUT2D eigenvalue weighted by Crippen LogP contribution is -2.30. The fourth-order valence-corrected chi connectivity index (χ4v) is 4.21. The zero-order valence-electron chi connectivity index (χ0n) is 20.9. The van der Waals surface area contributed by atoms with E-state index < -0.39 is 52.4 Å². The molecule has 0 spiro atoms. The number of carbonyl (C=O) groups is 2. The third-order valence-electron chi connectivity index (χ3n) is 6.05. The summed E-state index contributed by atoms with van der Waals surface area (Å²) < 4.78 is 65.6. The zero-order chi connectivity index (χ0) is 27.6. The largest absolute Gasteiger partial charge is 0.460 e. The van der Waals surface area contributed by atoms with Crippen LogP contribution in [0.4, 0.5) is 35.0 Å². The number of halogens is 4. The van der Waals surface area contributed by atoms with Crippen LogP contribution < -0.4 is 10.6 Å². The Morgan fingerprint density at radius 3 is 2.21 bits per heavy atom. The van der Waals surface area contributed by atoms with Crippen LogP contribution in [0.1, 0.15) is 68.6 Å². The van der Waals surface area contributed by atoms with Crippen molar-refractivity contribution in [3.05, 3.63) is 65.1 Å². The van der Waals surface area contributed by atoms with Gasteiger partial charge in [-0.05, 0) is 70.1 Å². The smallest absolute Gasteiger partial charge is 0.320 e. The molecule has 2 N–H and O–H groups in total. The van der Waals surface area contributed by atoms with Crippen molar-refractivity contribution < 1.29 is 36.3 Å². The minimum absolute atomic E-state index is 0.0641. The predicted octanol–water partition coefficient (Wildman–Crippen LogP) is 6.24. The Balaban J connectivity index is 1.35. The summed E-state index contributed by atoms with van der Waals surface area (Å²) in [5.41, 5.74) is -0.404. The van der Waals surface area contributed by atoms with Gasteiger partial charge in [0.2, 0.25) is 0 Å². The summed E-state index contributed by atoms with van der Waals surface area (Å²) >= 11 is 0. The highest BCUT2D eigenvalue weighted by Gasteiger charge is 2.31. The summed E-state index contributed by atoms with van der Waals surface area (Å²) in [5, 5.41) is 11.6. The average molecular weight is 535 g/mol. The van der Waals surface area contributed by atoms with Crippen molar-refractivity contribution in [3.8, 4) is 0 Å². The van der Waals surface area contributed by atoms with Crippen molar-refractivity contribution in [1.29, 1.82) is 0 Å². The lowest BCUT2D eigenvalue weighted by molar-refractivity contribution is -0.161. The molecule has 1 amide bonds. The van der Waals surface area contributed by atoms with E-state index in [2.05, 4.69) is 20.8 Å². The third-order valence-corrected chi connectivity index (χ3v) is 6.05. The van der Waals surface area contributed by atoms with Gasteiger partial charge in [-0.3, -0.25) is 9.59 Å². The molecule has 1 fully saturated rings. The summed E-state index contributed by atoms with van der Waals surface area (Å²) in [6.45, 7) is 5.47. The molecule has 8 nitrogen and oxygen atoms in total. The van der Waals surface area contributed by atoms with Crippen LogP contribution in [0.15, 0.2) is 34.7 Å². The topological polar surface area (TPSA) is 106 Å². The van der Waals surface area contributed by atoms with Gasteiger partial charge in [-0.2, -0.15) is 0 Å². The number of benzene rings is 2. The summed E-state index contributed by atoms with van der Waals surface area (Å²) in [7, 11) is 0. The van der Waals surface area contributed by atoms with Crippen molar-refractivity contribution in [2.45, 2.75) is 58.0 Å². The fourth-order valence-electron chi connectivity index (χ4n) is 4.21. The molecular formula is C26H26F4N4O4. The van der Waals surface area contributed by atoms with E-state index in [1.54, 1.807) is 6.07 Å². The van der Waals surface area contributed by atoms with Crippen molar-refractivity contribution >= 4 is 29.3 Å². The summed E-state index contributed by atoms with van der Waals surface area (Å²) in [5.74, 6) is -6.30. The monoisotopic (exact) mass is 534 g/mol. The second-order valence-electron chi connectivity index (χ2n) is 10.1. The first-order valence-electron chi connectivity index (χ1n) is 12.0. The quantitative estimate of drug-likeness (QED) is 0.219. The molecule has 0 bridgehead atoms. The van der Waals surface area contributed by atoms with E-state index in [0.29, 0.717) is 37.8 Å². The minimum atomic E-state index is -1.37. The van der Waals surface area contributed by atoms with Gasteiger partial charge in [0.05, 0.1) is 17.3 Å². The Kier molecular flexibility index (Phi) is 7.70. The lowest BCUT2D eigenvalue weighted by Gasteiger charge is -2.30. The Hall–Kier alpha value is -3.96. The van der Waals surface area contributed by atoms with Crippen LogP contribution in [0.2, 0.25) is 0 Å². The number of hydrogen-bond donors (Lipinski definition) is 2. The molecule has 202 valence electrons. The van der Waals surface area contributed by atoms with Gasteiger partial charge in [-0.25, -0.2) is 17.6 Å². The molecule has 38 heavy (non-hydrogen) atoms. The Labute approximate surface area is 215 Å². The van der Waals surface area contributed by atoms with E-state index in [0.717, 1.165) is 5.56 Å². The Bertz CT molecular complexity index is 1350. The summed E-state index contributed by atoms with van der Waals surface area (Å²) in [6.07, 6.45) is 2.68. The van der Waals surface area contributed by atoms with Gasteiger partial charge >= 0.3 is 23.8 Å². The van der Waals surface area contributed by atoms with Crippen molar-refractivity contribution in [1.82, 2.24) is 10.2 Å². The van der Waals surface area contributed by atoms with E-state index in [1.807, 2.05) is 20.8 Å². The van der Waals surface area contributed by atoms with Gasteiger partial charge in [0.15, 0.2) is 11.6 Å². The first-order chi connectivity index (χ1) is 17.9. The molecule has 4 rings (SSSR count). The fraction of sp³-hybridized carbons (Fsp3) is 0.385. The van der Waals surface area contributed by atoms with Crippen molar-refractivity contribution in [2.24, 2.45) is 5.92 Å². The Morgan fingerprint density at radius 2 is 1.55 bits per heavy atom. The number of nitrogens with zero attached hydrogens (tertiary/aromatic N) is 2. The number of esters is 1. The molecule has 2 aromatic carbocycles. The first kappa shape index (κ1) is 27.1. The molecule has 0 atom stereocenters. The molecule has 0 aliphatic heterocycles. The number of anilines is 3. The van der Waals surface area contributed by atoms with E-state index in [9.17, 15) is 27.2 Å². The maximum absolute atomic E-state index is 14.8. The highest BCUT2D eigenvalue weighted by Crippen LogP contribution is 2.37. The SMILES string of the molecule is CC(C)(C)OC(=O)[C@H]1CC[C@@H](c2ccc(NC(=O)c3nnc(Nc4cc(F)c(F)cc4F)o3)c(F)c2)CC1. The normalized spacial score (nSPS) is 17.7. The molecule has 3 aromatic rings. The summed E-state index contributed by atoms with van der Waals surface area (Å²) in [6, 6.07) is 4.87. The highest BCUT2D eigenvalue weighted by molar-refractivity contribution is 6.01. The second kappa shape index (κ2) is 10.8. The molecule has 1 aliphatic rings. The number of carbonyl (C=O) groups excluding carboxylic acids is 2. The van der Waals surface area contributed by atoms with Gasteiger partial charge in [0.25, 0.3) is 0 Å². The molecule has 1 aromatic heterocycles. The van der Waals surface area contributed by atoms with Crippen molar-refractivity contribution in [3.63, 3.8) is 0 Å². The van der Waals surface area contributed by atoms with Gasteiger partial charge in [0, 0.05) is 12.1 Å². The summed E-state index contributed by atoms with van der Waals surface area (Å²) in [4.78, 5) is 24.8. The van der Waals surface area contributed by atoms with Gasteiger partial charge in [-0.15, -0.1) is 5.10 Å². The van der Waals surface area contributed by atoms with Crippen LogP contribution in [0, 0.1) is 29.2 Å². The number of rotatable bonds is 6. The number of nitrogens with one attached hydrogen (secondary N) is 2. The molecule has 0 radical (unpaired) electrons. The second-order valence-corrected chi connectivity index (χ2v) is 10.1. The van der Waals surface area contributed by atoms with Gasteiger partial charge < -0.3 is 19.8 Å². The van der Waals surface area contributed by atoms with Crippen LogP contribution in [0.3, 0.4) is 0 Å². The molecule has 1 saturated carbocycles. The third kappa shape index (κ3) is 6.48. The number of aromatic nitrogens is 2. The Morgan fingerprint density at radius 1 is 0.895 bits per heavy atom. The van der Waals surface area contributed by atoms with Crippen LogP contribution in [0.25, 0.3) is 0 Å².